The lowest BCUT2D eigenvalue weighted by molar-refractivity contribution is -0.183. The Morgan fingerprint density at radius 2 is 1.82 bits per heavy atom. The van der Waals surface area contributed by atoms with Crippen LogP contribution < -0.4 is 0 Å². The molecule has 2 saturated heterocycles. The summed E-state index contributed by atoms with van der Waals surface area (Å²) in [5.74, 6) is 1.64. The molecule has 3 atom stereocenters. The van der Waals surface area contributed by atoms with Gasteiger partial charge in [0.25, 0.3) is 0 Å². The normalized spacial score (nSPS) is 37.2. The van der Waals surface area contributed by atoms with Crippen LogP contribution in [0.2, 0.25) is 0 Å². The summed E-state index contributed by atoms with van der Waals surface area (Å²) in [5.41, 5.74) is 0. The molecule has 3 heteroatoms. The van der Waals surface area contributed by atoms with E-state index in [4.69, 9.17) is 9.47 Å². The first-order valence-electron chi connectivity index (χ1n) is 7.14. The van der Waals surface area contributed by atoms with Crippen molar-refractivity contribution in [2.45, 2.75) is 52.4 Å². The summed E-state index contributed by atoms with van der Waals surface area (Å²) in [6.45, 7) is 11.2. The fourth-order valence-electron chi connectivity index (χ4n) is 3.10. The van der Waals surface area contributed by atoms with Gasteiger partial charge < -0.3 is 9.47 Å². The number of likely N-dealkylation sites (tertiary alicyclic amines) is 1. The molecule has 0 N–H and O–H groups in total. The Morgan fingerprint density at radius 1 is 1.12 bits per heavy atom. The van der Waals surface area contributed by atoms with Crippen molar-refractivity contribution in [2.75, 3.05) is 26.3 Å². The van der Waals surface area contributed by atoms with E-state index < -0.39 is 0 Å². The van der Waals surface area contributed by atoms with Crippen LogP contribution in [0.1, 0.15) is 40.0 Å². The summed E-state index contributed by atoms with van der Waals surface area (Å²) in [6, 6.07) is 0.704. The maximum Gasteiger partial charge on any atom is 0.158 e. The molecule has 17 heavy (non-hydrogen) atoms. The van der Waals surface area contributed by atoms with Crippen molar-refractivity contribution in [3.8, 4) is 0 Å². The van der Waals surface area contributed by atoms with E-state index in [2.05, 4.69) is 25.7 Å². The van der Waals surface area contributed by atoms with Crippen molar-refractivity contribution in [1.29, 1.82) is 0 Å². The molecule has 0 bridgehead atoms. The van der Waals surface area contributed by atoms with Gasteiger partial charge in [-0.1, -0.05) is 13.8 Å². The lowest BCUT2D eigenvalue weighted by atomic mass is 9.86. The highest BCUT2D eigenvalue weighted by Gasteiger charge is 2.29. The Morgan fingerprint density at radius 3 is 2.53 bits per heavy atom. The fraction of sp³-hybridized carbons (Fsp3) is 1.00. The Kier molecular flexibility index (Phi) is 4.83. The predicted octanol–water partition coefficient (Wildman–Crippen LogP) is 2.51. The monoisotopic (exact) mass is 241 g/mol. The van der Waals surface area contributed by atoms with Gasteiger partial charge in [-0.2, -0.15) is 0 Å². The summed E-state index contributed by atoms with van der Waals surface area (Å²) in [5, 5.41) is 0. The summed E-state index contributed by atoms with van der Waals surface area (Å²) in [7, 11) is 0. The van der Waals surface area contributed by atoms with E-state index in [1.165, 1.54) is 13.0 Å². The Balaban J connectivity index is 1.76. The quantitative estimate of drug-likeness (QED) is 0.758. The van der Waals surface area contributed by atoms with Gasteiger partial charge in [-0.05, 0) is 31.6 Å². The smallest absolute Gasteiger partial charge is 0.158 e. The maximum atomic E-state index is 5.61. The number of hydrogen-bond acceptors (Lipinski definition) is 3. The lowest BCUT2D eigenvalue weighted by Crippen LogP contribution is -2.47. The molecule has 0 aromatic carbocycles. The Bertz CT molecular complexity index is 228. The van der Waals surface area contributed by atoms with Gasteiger partial charge in [0.15, 0.2) is 6.29 Å². The third-order valence-electron chi connectivity index (χ3n) is 4.27. The first-order chi connectivity index (χ1) is 8.16. The van der Waals surface area contributed by atoms with E-state index in [0.29, 0.717) is 6.04 Å². The molecular formula is C14H27NO2. The molecule has 0 aliphatic carbocycles. The van der Waals surface area contributed by atoms with Crippen LogP contribution in [0.25, 0.3) is 0 Å². The van der Waals surface area contributed by atoms with Gasteiger partial charge in [-0.15, -0.1) is 0 Å². The van der Waals surface area contributed by atoms with Crippen LogP contribution in [-0.2, 0) is 9.47 Å². The van der Waals surface area contributed by atoms with Gasteiger partial charge in [0, 0.05) is 25.6 Å². The average Bonchev–Trinajstić information content (AvgIpc) is 2.33. The van der Waals surface area contributed by atoms with E-state index in [-0.39, 0.29) is 6.29 Å². The second-order valence-electron chi connectivity index (χ2n) is 5.87. The zero-order valence-corrected chi connectivity index (χ0v) is 11.5. The van der Waals surface area contributed by atoms with E-state index in [9.17, 15) is 0 Å². The number of hydrogen-bond donors (Lipinski definition) is 0. The summed E-state index contributed by atoms with van der Waals surface area (Å²) in [4.78, 5) is 2.61. The zero-order chi connectivity index (χ0) is 12.3. The molecular weight excluding hydrogens is 214 g/mol. The largest absolute Gasteiger partial charge is 0.353 e. The van der Waals surface area contributed by atoms with E-state index in [1.807, 2.05) is 0 Å². The average molecular weight is 241 g/mol. The molecule has 2 aliphatic rings. The lowest BCUT2D eigenvalue weighted by Gasteiger charge is -2.41. The van der Waals surface area contributed by atoms with Crippen LogP contribution in [0.3, 0.4) is 0 Å². The SMILES string of the molecule is CC1CC(C)C(C)N(CCC2OCCCO2)C1. The highest BCUT2D eigenvalue weighted by Crippen LogP contribution is 2.27. The predicted molar refractivity (Wildman–Crippen MR) is 68.9 cm³/mol. The molecule has 2 aliphatic heterocycles. The summed E-state index contributed by atoms with van der Waals surface area (Å²) >= 11 is 0. The van der Waals surface area contributed by atoms with Crippen molar-refractivity contribution >= 4 is 0 Å². The molecule has 0 aromatic heterocycles. The minimum atomic E-state index is 0.0449. The molecule has 2 rings (SSSR count). The van der Waals surface area contributed by atoms with Crippen LogP contribution in [0.4, 0.5) is 0 Å². The second-order valence-corrected chi connectivity index (χ2v) is 5.87. The van der Waals surface area contributed by atoms with Crippen molar-refractivity contribution in [1.82, 2.24) is 4.90 Å². The van der Waals surface area contributed by atoms with Gasteiger partial charge in [-0.25, -0.2) is 0 Å². The maximum absolute atomic E-state index is 5.61. The van der Waals surface area contributed by atoms with E-state index in [1.54, 1.807) is 0 Å². The number of nitrogens with zero attached hydrogens (tertiary/aromatic N) is 1. The first-order valence-corrected chi connectivity index (χ1v) is 7.14. The summed E-state index contributed by atoms with van der Waals surface area (Å²) in [6.07, 6.45) is 3.48. The Hall–Kier alpha value is -0.120. The number of ether oxygens (including phenoxy) is 2. The highest BCUT2D eigenvalue weighted by atomic mass is 16.7. The first kappa shape index (κ1) is 13.3. The molecule has 0 radical (unpaired) electrons. The van der Waals surface area contributed by atoms with E-state index in [0.717, 1.165) is 44.4 Å². The van der Waals surface area contributed by atoms with Crippen LogP contribution in [0.5, 0.6) is 0 Å². The van der Waals surface area contributed by atoms with Gasteiger partial charge in [-0.3, -0.25) is 4.90 Å². The third kappa shape index (κ3) is 3.67. The summed E-state index contributed by atoms with van der Waals surface area (Å²) < 4.78 is 11.2. The molecule has 2 fully saturated rings. The molecule has 3 unspecified atom stereocenters. The minimum absolute atomic E-state index is 0.0449. The van der Waals surface area contributed by atoms with Crippen molar-refractivity contribution < 1.29 is 9.47 Å². The number of rotatable bonds is 3. The van der Waals surface area contributed by atoms with Crippen LogP contribution >= 0.6 is 0 Å². The molecule has 100 valence electrons. The topological polar surface area (TPSA) is 21.7 Å². The molecule has 2 heterocycles. The second kappa shape index (κ2) is 6.17. The van der Waals surface area contributed by atoms with Crippen LogP contribution in [-0.4, -0.2) is 43.5 Å². The third-order valence-corrected chi connectivity index (χ3v) is 4.27. The van der Waals surface area contributed by atoms with Gasteiger partial charge in [0.05, 0.1) is 13.2 Å². The molecule has 0 saturated carbocycles. The Labute approximate surface area is 105 Å². The zero-order valence-electron chi connectivity index (χ0n) is 11.5. The van der Waals surface area contributed by atoms with E-state index >= 15 is 0 Å². The van der Waals surface area contributed by atoms with Crippen LogP contribution in [0, 0.1) is 11.8 Å². The van der Waals surface area contributed by atoms with Crippen molar-refractivity contribution in [2.24, 2.45) is 11.8 Å². The van der Waals surface area contributed by atoms with Gasteiger partial charge in [0.2, 0.25) is 0 Å². The molecule has 0 aromatic rings. The number of piperidine rings is 1. The highest BCUT2D eigenvalue weighted by molar-refractivity contribution is 4.82. The molecule has 0 amide bonds. The van der Waals surface area contributed by atoms with Crippen LogP contribution in [0.15, 0.2) is 0 Å². The minimum Gasteiger partial charge on any atom is -0.353 e. The molecule has 3 nitrogen and oxygen atoms in total. The van der Waals surface area contributed by atoms with Gasteiger partial charge in [0.1, 0.15) is 0 Å². The van der Waals surface area contributed by atoms with Crippen molar-refractivity contribution in [3.05, 3.63) is 0 Å². The standard InChI is InChI=1S/C14H27NO2/c1-11-9-12(2)13(3)15(10-11)6-5-14-16-7-4-8-17-14/h11-14H,4-10H2,1-3H3. The molecule has 0 spiro atoms. The van der Waals surface area contributed by atoms with Gasteiger partial charge >= 0.3 is 0 Å². The van der Waals surface area contributed by atoms with Crippen molar-refractivity contribution in [3.63, 3.8) is 0 Å². The fourth-order valence-corrected chi connectivity index (χ4v) is 3.10.